The van der Waals surface area contributed by atoms with Gasteiger partial charge in [-0.25, -0.2) is 17.7 Å². The summed E-state index contributed by atoms with van der Waals surface area (Å²) in [6, 6.07) is 0.435. The van der Waals surface area contributed by atoms with Gasteiger partial charge in [0, 0.05) is 61.0 Å². The van der Waals surface area contributed by atoms with Crippen molar-refractivity contribution >= 4 is 33.9 Å². The van der Waals surface area contributed by atoms with Crippen molar-refractivity contribution in [2.75, 3.05) is 46.0 Å². The van der Waals surface area contributed by atoms with Crippen LogP contribution in [0.25, 0.3) is 0 Å². The number of sulfonamides is 1. The van der Waals surface area contributed by atoms with E-state index in [1.54, 1.807) is 7.05 Å². The third-order valence-electron chi connectivity index (χ3n) is 9.51. The average Bonchev–Trinajstić information content (AvgIpc) is 3.01. The quantitative estimate of drug-likeness (QED) is 0.163. The summed E-state index contributed by atoms with van der Waals surface area (Å²) in [5.41, 5.74) is 7.29. The molecule has 3 atom stereocenters. The number of amides is 1. The lowest BCUT2D eigenvalue weighted by Crippen LogP contribution is -2.52. The van der Waals surface area contributed by atoms with Gasteiger partial charge >= 0.3 is 0 Å². The first-order valence-corrected chi connectivity index (χ1v) is 17.7. The predicted octanol–water partition coefficient (Wildman–Crippen LogP) is 3.33. The van der Waals surface area contributed by atoms with E-state index in [4.69, 9.17) is 22.1 Å². The first-order valence-electron chi connectivity index (χ1n) is 15.5. The van der Waals surface area contributed by atoms with E-state index in [9.17, 15) is 13.2 Å². The molecule has 0 aromatic rings. The second kappa shape index (κ2) is 15.2. The number of piperidine rings is 2. The number of halogens is 1. The Morgan fingerprint density at radius 1 is 1.21 bits per heavy atom. The van der Waals surface area contributed by atoms with Gasteiger partial charge in [-0.2, -0.15) is 0 Å². The number of carbonyl (C=O) groups is 1. The number of hydrogen-bond acceptors (Lipinski definition) is 7. The number of rotatable bonds is 10. The molecule has 0 aromatic carbocycles. The molecule has 3 saturated heterocycles. The number of aliphatic imine (C=N–C) groups is 1. The normalized spacial score (nSPS) is 27.3. The smallest absolute Gasteiger partial charge is 0.272 e. The van der Waals surface area contributed by atoms with Gasteiger partial charge < -0.3 is 25.6 Å². The van der Waals surface area contributed by atoms with Gasteiger partial charge in [-0.15, -0.1) is 0 Å². The number of allylic oxidation sites excluding steroid dienone is 4. The van der Waals surface area contributed by atoms with Crippen molar-refractivity contribution in [2.45, 2.75) is 82.6 Å². The van der Waals surface area contributed by atoms with Gasteiger partial charge in [-0.05, 0) is 77.5 Å². The second-order valence-electron chi connectivity index (χ2n) is 12.3. The molecule has 10 nitrogen and oxygen atoms in total. The molecule has 0 bridgehead atoms. The summed E-state index contributed by atoms with van der Waals surface area (Å²) in [5.74, 6) is 0.203. The van der Waals surface area contributed by atoms with E-state index in [2.05, 4.69) is 33.9 Å². The Labute approximate surface area is 262 Å². The average molecular weight is 637 g/mol. The molecule has 1 aliphatic carbocycles. The summed E-state index contributed by atoms with van der Waals surface area (Å²) in [5, 5.41) is 4.18. The molecule has 3 aliphatic heterocycles. The van der Waals surface area contributed by atoms with E-state index in [-0.39, 0.29) is 24.2 Å². The van der Waals surface area contributed by atoms with Crippen molar-refractivity contribution in [2.24, 2.45) is 16.6 Å². The molecule has 0 radical (unpaired) electrons. The minimum atomic E-state index is -3.18. The zero-order valence-electron chi connectivity index (χ0n) is 25.9. The van der Waals surface area contributed by atoms with Crippen LogP contribution < -0.4 is 11.1 Å². The zero-order valence-corrected chi connectivity index (χ0v) is 27.5. The number of carbonyl (C=O) groups excluding carboxylic acids is 1. The largest absolute Gasteiger partial charge is 0.390 e. The van der Waals surface area contributed by atoms with Gasteiger partial charge in [-0.1, -0.05) is 30.3 Å². The Balaban J connectivity index is 1.27. The molecular weight excluding hydrogens is 588 g/mol. The maximum Gasteiger partial charge on any atom is 0.272 e. The standard InChI is InChI=1S/C31H49ClN6O4S/c1-22(23(2)34-20-28-6-5-7-29(42-28)24-8-10-25(32)11-9-24)30(35-21-33)31(39)38-18-14-27(15-19-38)37-16-12-26(13-17-37)36(3)43(4,40)41/h8,10-11,21,24,26-29,34H,2,5-7,9,12-20H2,1,3-4H3,(H2,33,35)/b30-22-/t24?,28-,29+/m1/s1. The highest BCUT2D eigenvalue weighted by Crippen LogP contribution is 2.31. The van der Waals surface area contributed by atoms with Crippen molar-refractivity contribution in [3.8, 4) is 0 Å². The van der Waals surface area contributed by atoms with Crippen LogP contribution in [0.1, 0.15) is 58.3 Å². The van der Waals surface area contributed by atoms with Crippen LogP contribution in [-0.2, 0) is 19.6 Å². The van der Waals surface area contributed by atoms with Crippen molar-refractivity contribution < 1.29 is 17.9 Å². The van der Waals surface area contributed by atoms with Crippen LogP contribution in [0, 0.1) is 5.92 Å². The van der Waals surface area contributed by atoms with E-state index in [1.807, 2.05) is 17.9 Å². The molecule has 4 aliphatic rings. The van der Waals surface area contributed by atoms with E-state index in [0.29, 0.717) is 48.6 Å². The molecule has 1 unspecified atom stereocenters. The third kappa shape index (κ3) is 8.94. The number of nitrogens with zero attached hydrogens (tertiary/aromatic N) is 4. The summed E-state index contributed by atoms with van der Waals surface area (Å²) in [6.07, 6.45) is 16.2. The first kappa shape index (κ1) is 33.7. The van der Waals surface area contributed by atoms with Gasteiger partial charge in [-0.3, -0.25) is 4.79 Å². The highest BCUT2D eigenvalue weighted by atomic mass is 35.5. The highest BCUT2D eigenvalue weighted by molar-refractivity contribution is 7.88. The molecule has 3 fully saturated rings. The third-order valence-corrected chi connectivity index (χ3v) is 11.1. The van der Waals surface area contributed by atoms with Crippen LogP contribution in [0.15, 0.2) is 51.8 Å². The highest BCUT2D eigenvalue weighted by Gasteiger charge is 2.34. The number of nitrogens with one attached hydrogen (secondary N) is 1. The fourth-order valence-electron chi connectivity index (χ4n) is 6.65. The first-order chi connectivity index (χ1) is 20.5. The maximum absolute atomic E-state index is 13.6. The van der Waals surface area contributed by atoms with Crippen molar-refractivity contribution in [1.82, 2.24) is 19.4 Å². The molecule has 0 aromatic heterocycles. The summed E-state index contributed by atoms with van der Waals surface area (Å²) >= 11 is 6.09. The maximum atomic E-state index is 13.6. The van der Waals surface area contributed by atoms with Crippen molar-refractivity contribution in [3.05, 3.63) is 46.8 Å². The van der Waals surface area contributed by atoms with Crippen molar-refractivity contribution in [1.29, 1.82) is 0 Å². The second-order valence-corrected chi connectivity index (χ2v) is 14.7. The molecule has 240 valence electrons. The number of nitrogens with two attached hydrogens (primary N) is 1. The van der Waals surface area contributed by atoms with Crippen LogP contribution in [0.5, 0.6) is 0 Å². The monoisotopic (exact) mass is 636 g/mol. The Bertz CT molecular complexity index is 1230. The Hall–Kier alpha value is -2.18. The Kier molecular flexibility index (Phi) is 11.9. The van der Waals surface area contributed by atoms with E-state index in [0.717, 1.165) is 69.5 Å². The molecule has 1 amide bonds. The molecule has 3 N–H and O–H groups in total. The van der Waals surface area contributed by atoms with Crippen LogP contribution >= 0.6 is 11.6 Å². The van der Waals surface area contributed by atoms with Gasteiger partial charge in [0.25, 0.3) is 5.91 Å². The van der Waals surface area contributed by atoms with Crippen LogP contribution in [-0.4, -0.2) is 105 Å². The number of hydrogen-bond donors (Lipinski definition) is 2. The predicted molar refractivity (Wildman–Crippen MR) is 173 cm³/mol. The van der Waals surface area contributed by atoms with E-state index < -0.39 is 10.0 Å². The molecule has 3 heterocycles. The van der Waals surface area contributed by atoms with Crippen LogP contribution in [0.4, 0.5) is 0 Å². The van der Waals surface area contributed by atoms with Crippen LogP contribution in [0.3, 0.4) is 0 Å². The van der Waals surface area contributed by atoms with E-state index >= 15 is 0 Å². The van der Waals surface area contributed by atoms with E-state index in [1.165, 1.54) is 16.9 Å². The summed E-state index contributed by atoms with van der Waals surface area (Å²) < 4.78 is 31.8. The SMILES string of the molecule is C=C(NC[C@H]1CCC[C@@H](C2C=CC(Cl)=CC2)O1)/C(C)=C(\N=CN)C(=O)N1CCC(N2CCC(N(C)S(C)(=O)=O)CC2)CC1. The zero-order chi connectivity index (χ0) is 31.1. The summed E-state index contributed by atoms with van der Waals surface area (Å²) in [4.78, 5) is 22.2. The van der Waals surface area contributed by atoms with Crippen molar-refractivity contribution in [3.63, 3.8) is 0 Å². The minimum absolute atomic E-state index is 0.0524. The number of ether oxygens (including phenoxy) is 1. The fraction of sp³-hybridized carbons (Fsp3) is 0.677. The lowest BCUT2D eigenvalue weighted by atomic mass is 9.89. The summed E-state index contributed by atoms with van der Waals surface area (Å²) in [6.45, 7) is 9.67. The van der Waals surface area contributed by atoms with Gasteiger partial charge in [0.15, 0.2) is 0 Å². The summed E-state index contributed by atoms with van der Waals surface area (Å²) in [7, 11) is -1.51. The lowest BCUT2D eigenvalue weighted by Gasteiger charge is -2.43. The Morgan fingerprint density at radius 3 is 2.51 bits per heavy atom. The lowest BCUT2D eigenvalue weighted by molar-refractivity contribution is -0.128. The molecule has 0 spiro atoms. The Morgan fingerprint density at radius 2 is 1.91 bits per heavy atom. The van der Waals surface area contributed by atoms with Gasteiger partial charge in [0.1, 0.15) is 5.70 Å². The molecule has 12 heteroatoms. The molecule has 43 heavy (non-hydrogen) atoms. The van der Waals surface area contributed by atoms with Crippen LogP contribution in [0.2, 0.25) is 0 Å². The molecule has 0 saturated carbocycles. The molecular formula is C31H49ClN6O4S. The topological polar surface area (TPSA) is 121 Å². The van der Waals surface area contributed by atoms with Gasteiger partial charge in [0.05, 0.1) is 24.8 Å². The molecule has 4 rings (SSSR count). The fourth-order valence-corrected chi connectivity index (χ4v) is 7.56. The van der Waals surface area contributed by atoms with Gasteiger partial charge in [0.2, 0.25) is 10.0 Å². The number of likely N-dealkylation sites (tertiary alicyclic amines) is 2. The minimum Gasteiger partial charge on any atom is -0.390 e.